The summed E-state index contributed by atoms with van der Waals surface area (Å²) in [7, 11) is 0. The Morgan fingerprint density at radius 1 is 1.22 bits per heavy atom. The van der Waals surface area contributed by atoms with Gasteiger partial charge in [-0.15, -0.1) is 0 Å². The van der Waals surface area contributed by atoms with Crippen molar-refractivity contribution in [1.82, 2.24) is 4.90 Å². The van der Waals surface area contributed by atoms with Crippen molar-refractivity contribution in [2.45, 2.75) is 33.7 Å². The average Bonchev–Trinajstić information content (AvgIpc) is 2.24. The van der Waals surface area contributed by atoms with Crippen LogP contribution in [0, 0.1) is 5.92 Å². The molecule has 1 amide bonds. The predicted octanol–water partition coefficient (Wildman–Crippen LogP) is 4.72. The number of amides is 1. The Balaban J connectivity index is 3.02. The van der Waals surface area contributed by atoms with Crippen molar-refractivity contribution in [2.24, 2.45) is 5.92 Å². The van der Waals surface area contributed by atoms with Gasteiger partial charge >= 0.3 is 0 Å². The number of hydrogen-bond acceptors (Lipinski definition) is 1. The molecule has 18 heavy (non-hydrogen) atoms. The summed E-state index contributed by atoms with van der Waals surface area (Å²) in [5, 5.41) is 0. The second kappa shape index (κ2) is 6.71. The minimum absolute atomic E-state index is 0.0816. The van der Waals surface area contributed by atoms with E-state index in [4.69, 9.17) is 0 Å². The highest BCUT2D eigenvalue weighted by Crippen LogP contribution is 2.24. The van der Waals surface area contributed by atoms with Crippen LogP contribution in [0.1, 0.15) is 38.1 Å². The van der Waals surface area contributed by atoms with Gasteiger partial charge in [-0.05, 0) is 53.9 Å². The van der Waals surface area contributed by atoms with E-state index in [1.54, 1.807) is 0 Å². The zero-order chi connectivity index (χ0) is 13.9. The molecule has 0 bridgehead atoms. The molecular formula is C14H19Br2NO. The minimum atomic E-state index is 0.0816. The molecule has 0 aliphatic carbocycles. The molecule has 0 radical (unpaired) electrons. The molecule has 0 aromatic heterocycles. The van der Waals surface area contributed by atoms with Gasteiger partial charge in [-0.3, -0.25) is 4.79 Å². The van der Waals surface area contributed by atoms with E-state index in [1.807, 2.05) is 36.9 Å². The molecule has 2 nitrogen and oxygen atoms in total. The second-order valence-corrected chi connectivity index (χ2v) is 6.84. The third-order valence-electron chi connectivity index (χ3n) is 2.61. The van der Waals surface area contributed by atoms with Crippen molar-refractivity contribution in [1.29, 1.82) is 0 Å². The molecule has 0 atom stereocenters. The highest BCUT2D eigenvalue weighted by Gasteiger charge is 2.21. The molecule has 0 spiro atoms. The van der Waals surface area contributed by atoms with Gasteiger partial charge in [0.1, 0.15) is 0 Å². The molecule has 0 N–H and O–H groups in total. The van der Waals surface area contributed by atoms with Crippen LogP contribution in [-0.2, 0) is 0 Å². The Morgan fingerprint density at radius 2 is 1.83 bits per heavy atom. The van der Waals surface area contributed by atoms with Crippen molar-refractivity contribution in [3.63, 3.8) is 0 Å². The fourth-order valence-electron chi connectivity index (χ4n) is 1.74. The van der Waals surface area contributed by atoms with Gasteiger partial charge in [-0.2, -0.15) is 0 Å². The monoisotopic (exact) mass is 375 g/mol. The Kier molecular flexibility index (Phi) is 5.86. The van der Waals surface area contributed by atoms with E-state index < -0.39 is 0 Å². The molecule has 0 fully saturated rings. The Morgan fingerprint density at radius 3 is 2.28 bits per heavy atom. The number of benzene rings is 1. The van der Waals surface area contributed by atoms with E-state index in [1.165, 1.54) is 0 Å². The summed E-state index contributed by atoms with van der Waals surface area (Å²) in [5.74, 6) is 0.545. The largest absolute Gasteiger partial charge is 0.336 e. The Hall–Kier alpha value is -0.350. The van der Waals surface area contributed by atoms with Crippen molar-refractivity contribution in [2.75, 3.05) is 6.54 Å². The SMILES string of the molecule is CC(C)CN(C(=O)c1ccc(Br)cc1Br)C(C)C. The highest BCUT2D eigenvalue weighted by molar-refractivity contribution is 9.11. The molecule has 0 heterocycles. The molecule has 100 valence electrons. The van der Waals surface area contributed by atoms with Crippen LogP contribution in [-0.4, -0.2) is 23.4 Å². The third kappa shape index (κ3) is 4.09. The van der Waals surface area contributed by atoms with Gasteiger partial charge in [-0.25, -0.2) is 0 Å². The molecule has 1 aromatic rings. The first-order valence-corrected chi connectivity index (χ1v) is 7.67. The summed E-state index contributed by atoms with van der Waals surface area (Å²) in [4.78, 5) is 14.4. The molecule has 1 rings (SSSR count). The zero-order valence-corrected chi connectivity index (χ0v) is 14.4. The number of hydrogen-bond donors (Lipinski definition) is 0. The molecule has 1 aromatic carbocycles. The first-order valence-electron chi connectivity index (χ1n) is 6.09. The summed E-state index contributed by atoms with van der Waals surface area (Å²) in [6.45, 7) is 9.12. The van der Waals surface area contributed by atoms with Gasteiger partial charge in [0, 0.05) is 21.5 Å². The van der Waals surface area contributed by atoms with E-state index >= 15 is 0 Å². The first kappa shape index (κ1) is 15.7. The maximum absolute atomic E-state index is 12.5. The van der Waals surface area contributed by atoms with Crippen LogP contribution >= 0.6 is 31.9 Å². The zero-order valence-electron chi connectivity index (χ0n) is 11.2. The lowest BCUT2D eigenvalue weighted by Crippen LogP contribution is -2.39. The summed E-state index contributed by atoms with van der Waals surface area (Å²) >= 11 is 6.85. The van der Waals surface area contributed by atoms with Gasteiger partial charge in [0.25, 0.3) is 5.91 Å². The molecule has 0 unspecified atom stereocenters. The third-order valence-corrected chi connectivity index (χ3v) is 3.76. The summed E-state index contributed by atoms with van der Waals surface area (Å²) in [6, 6.07) is 5.86. The number of carbonyl (C=O) groups is 1. The minimum Gasteiger partial charge on any atom is -0.336 e. The van der Waals surface area contributed by atoms with E-state index in [-0.39, 0.29) is 11.9 Å². The summed E-state index contributed by atoms with van der Waals surface area (Å²) < 4.78 is 1.79. The lowest BCUT2D eigenvalue weighted by atomic mass is 10.1. The summed E-state index contributed by atoms with van der Waals surface area (Å²) in [6.07, 6.45) is 0. The van der Waals surface area contributed by atoms with Gasteiger partial charge in [0.15, 0.2) is 0 Å². The summed E-state index contributed by atoms with van der Waals surface area (Å²) in [5.41, 5.74) is 0.715. The molecule has 0 aliphatic heterocycles. The van der Waals surface area contributed by atoms with Crippen molar-refractivity contribution in [3.05, 3.63) is 32.7 Å². The standard InChI is InChI=1S/C14H19Br2NO/c1-9(2)8-17(10(3)4)14(18)12-6-5-11(15)7-13(12)16/h5-7,9-10H,8H2,1-4H3. The Bertz CT molecular complexity index is 430. The van der Waals surface area contributed by atoms with Crippen molar-refractivity contribution < 1.29 is 4.79 Å². The van der Waals surface area contributed by atoms with E-state index in [2.05, 4.69) is 45.7 Å². The fraction of sp³-hybridized carbons (Fsp3) is 0.500. The number of halogens is 2. The van der Waals surface area contributed by atoms with Crippen LogP contribution < -0.4 is 0 Å². The molecule has 0 saturated carbocycles. The second-order valence-electron chi connectivity index (χ2n) is 5.07. The lowest BCUT2D eigenvalue weighted by Gasteiger charge is -2.29. The van der Waals surface area contributed by atoms with Crippen LogP contribution in [0.3, 0.4) is 0 Å². The van der Waals surface area contributed by atoms with Crippen LogP contribution in [0.15, 0.2) is 27.1 Å². The number of rotatable bonds is 4. The average molecular weight is 377 g/mol. The van der Waals surface area contributed by atoms with Crippen LogP contribution in [0.2, 0.25) is 0 Å². The first-order chi connectivity index (χ1) is 8.32. The van der Waals surface area contributed by atoms with Crippen LogP contribution in [0.25, 0.3) is 0 Å². The topological polar surface area (TPSA) is 20.3 Å². The van der Waals surface area contributed by atoms with Crippen molar-refractivity contribution in [3.8, 4) is 0 Å². The fourth-order valence-corrected chi connectivity index (χ4v) is 2.96. The molecule has 0 aliphatic rings. The van der Waals surface area contributed by atoms with Gasteiger partial charge in [-0.1, -0.05) is 29.8 Å². The maximum atomic E-state index is 12.5. The maximum Gasteiger partial charge on any atom is 0.255 e. The predicted molar refractivity (Wildman–Crippen MR) is 82.9 cm³/mol. The van der Waals surface area contributed by atoms with E-state index in [0.717, 1.165) is 15.5 Å². The highest BCUT2D eigenvalue weighted by atomic mass is 79.9. The molecular weight excluding hydrogens is 358 g/mol. The smallest absolute Gasteiger partial charge is 0.255 e. The lowest BCUT2D eigenvalue weighted by molar-refractivity contribution is 0.0681. The Labute approximate surface area is 126 Å². The van der Waals surface area contributed by atoms with Crippen molar-refractivity contribution >= 4 is 37.8 Å². The van der Waals surface area contributed by atoms with E-state index in [9.17, 15) is 4.79 Å². The van der Waals surface area contributed by atoms with E-state index in [0.29, 0.717) is 11.5 Å². The molecule has 0 saturated heterocycles. The van der Waals surface area contributed by atoms with Gasteiger partial charge in [0.05, 0.1) is 5.56 Å². The normalized spacial score (nSPS) is 11.1. The van der Waals surface area contributed by atoms with Gasteiger partial charge in [0.2, 0.25) is 0 Å². The van der Waals surface area contributed by atoms with Gasteiger partial charge < -0.3 is 4.90 Å². The van der Waals surface area contributed by atoms with Crippen LogP contribution in [0.5, 0.6) is 0 Å². The molecule has 4 heteroatoms. The number of carbonyl (C=O) groups excluding carboxylic acids is 1. The van der Waals surface area contributed by atoms with Crippen LogP contribution in [0.4, 0.5) is 0 Å². The number of nitrogens with zero attached hydrogens (tertiary/aromatic N) is 1. The quantitative estimate of drug-likeness (QED) is 0.744.